The minimum atomic E-state index is -1.54. The van der Waals surface area contributed by atoms with Gasteiger partial charge in [-0.05, 0) is 95.2 Å². The highest BCUT2D eigenvalue weighted by Crippen LogP contribution is 2.28. The maximum absolute atomic E-state index is 14.0. The Labute approximate surface area is 337 Å². The van der Waals surface area contributed by atoms with Crippen LogP contribution in [0.1, 0.15) is 95.4 Å². The third kappa shape index (κ3) is 15.2. The van der Waals surface area contributed by atoms with Crippen molar-refractivity contribution in [3.8, 4) is 0 Å². The first-order valence-electron chi connectivity index (χ1n) is 19.4. The van der Waals surface area contributed by atoms with Crippen LogP contribution < -0.4 is 37.2 Å². The molecule has 0 spiro atoms. The lowest BCUT2D eigenvalue weighted by molar-refractivity contribution is -0.148. The van der Waals surface area contributed by atoms with E-state index in [-0.39, 0.29) is 44.2 Å². The van der Waals surface area contributed by atoms with Gasteiger partial charge in [0, 0.05) is 38.1 Å². The van der Waals surface area contributed by atoms with Crippen LogP contribution in [0.3, 0.4) is 0 Å². The molecule has 1 saturated heterocycles. The summed E-state index contributed by atoms with van der Waals surface area (Å²) >= 11 is 0. The summed E-state index contributed by atoms with van der Waals surface area (Å²) < 4.78 is 0. The summed E-state index contributed by atoms with van der Waals surface area (Å²) in [4.78, 5) is 121. The molecular formula is C38H68N10O9. The molecule has 0 aromatic heterocycles. The van der Waals surface area contributed by atoms with Gasteiger partial charge in [0.2, 0.25) is 53.7 Å². The predicted molar refractivity (Wildman–Crippen MR) is 213 cm³/mol. The summed E-state index contributed by atoms with van der Waals surface area (Å²) in [5.41, 5.74) is -4.39. The van der Waals surface area contributed by atoms with E-state index in [4.69, 9.17) is 0 Å². The molecule has 3 atom stereocenters. The van der Waals surface area contributed by atoms with Crippen LogP contribution in [0.25, 0.3) is 0 Å². The van der Waals surface area contributed by atoms with Crippen molar-refractivity contribution in [1.29, 1.82) is 0 Å². The second kappa shape index (κ2) is 21.6. The number of carbonyl (C=O) groups excluding carboxylic acids is 9. The molecular weight excluding hydrogens is 740 g/mol. The van der Waals surface area contributed by atoms with Gasteiger partial charge in [-0.2, -0.15) is 0 Å². The summed E-state index contributed by atoms with van der Waals surface area (Å²) in [5, 5.41) is 18.3. The minimum Gasteiger partial charge on any atom is -0.355 e. The molecule has 1 rings (SSSR count). The number of amides is 9. The first kappa shape index (κ1) is 50.2. The van der Waals surface area contributed by atoms with Crippen LogP contribution in [0, 0.1) is 5.92 Å². The van der Waals surface area contributed by atoms with Crippen LogP contribution in [0.4, 0.5) is 0 Å². The molecule has 19 nitrogen and oxygen atoms in total. The van der Waals surface area contributed by atoms with Crippen LogP contribution >= 0.6 is 0 Å². The topological polar surface area (TPSA) is 248 Å². The van der Waals surface area contributed by atoms with Crippen molar-refractivity contribution < 1.29 is 43.2 Å². The molecule has 0 aromatic rings. The van der Waals surface area contributed by atoms with E-state index in [1.165, 1.54) is 51.3 Å². The van der Waals surface area contributed by atoms with Crippen LogP contribution in [0.5, 0.6) is 0 Å². The first-order valence-corrected chi connectivity index (χ1v) is 19.4. The van der Waals surface area contributed by atoms with Crippen molar-refractivity contribution in [1.82, 2.24) is 51.9 Å². The Morgan fingerprint density at radius 2 is 1.40 bits per heavy atom. The lowest BCUT2D eigenvalue weighted by Gasteiger charge is -2.39. The monoisotopic (exact) mass is 809 g/mol. The fraction of sp³-hybridized carbons (Fsp3) is 0.763. The van der Waals surface area contributed by atoms with Crippen LogP contribution in [-0.2, 0) is 43.2 Å². The quantitative estimate of drug-likeness (QED) is 0.0581. The van der Waals surface area contributed by atoms with Crippen molar-refractivity contribution in [2.75, 3.05) is 46.8 Å². The first-order chi connectivity index (χ1) is 26.2. The Morgan fingerprint density at radius 1 is 0.807 bits per heavy atom. The molecule has 1 heterocycles. The van der Waals surface area contributed by atoms with Gasteiger partial charge in [0.1, 0.15) is 28.7 Å². The fourth-order valence-corrected chi connectivity index (χ4v) is 6.41. The maximum atomic E-state index is 14.0. The van der Waals surface area contributed by atoms with Crippen molar-refractivity contribution in [3.63, 3.8) is 0 Å². The van der Waals surface area contributed by atoms with E-state index in [0.717, 1.165) is 0 Å². The zero-order chi connectivity index (χ0) is 44.1. The second-order valence-electron chi connectivity index (χ2n) is 17.0. The number of likely N-dealkylation sites (N-methyl/N-ethyl adjacent to an activating group) is 1. The van der Waals surface area contributed by atoms with Gasteiger partial charge in [0.15, 0.2) is 0 Å². The predicted octanol–water partition coefficient (Wildman–Crippen LogP) is -1.64. The summed E-state index contributed by atoms with van der Waals surface area (Å²) in [6, 6.07) is -2.90. The standard InChI is InChI=1S/C38H68N10O9/c1-23(2)18-27(31(53)44-37(8,9)34(56)45-36(6,7)33(55)41-15-14-28(50)40-16-17-46(12)13)47(24(3)4)30(52)21-42-35(57)38(10,11)48-25(5)19-26(32(48)54)43-29(51)20-39-22-49/h22-27H,14-21H2,1-13H3,(H,39,49)(H,40,50)(H,41,55)(H,42,57)(H,43,51)(H,44,53)(H,45,56). The molecule has 1 fully saturated rings. The molecule has 1 aliphatic rings. The molecule has 0 aliphatic carbocycles. The average Bonchev–Trinajstić information content (AvgIpc) is 3.36. The van der Waals surface area contributed by atoms with E-state index in [2.05, 4.69) is 37.2 Å². The van der Waals surface area contributed by atoms with Gasteiger partial charge in [-0.15, -0.1) is 0 Å². The Kier molecular flexibility index (Phi) is 19.1. The highest BCUT2D eigenvalue weighted by molar-refractivity contribution is 5.99. The number of likely N-dealkylation sites (tertiary alicyclic amines) is 1. The maximum Gasteiger partial charge on any atom is 0.246 e. The van der Waals surface area contributed by atoms with Gasteiger partial charge in [-0.3, -0.25) is 43.2 Å². The number of hydrogen-bond acceptors (Lipinski definition) is 10. The van der Waals surface area contributed by atoms with E-state index in [1.54, 1.807) is 20.8 Å². The largest absolute Gasteiger partial charge is 0.355 e. The molecule has 9 amide bonds. The van der Waals surface area contributed by atoms with E-state index in [9.17, 15) is 43.2 Å². The molecule has 19 heteroatoms. The molecule has 0 radical (unpaired) electrons. The van der Waals surface area contributed by atoms with Crippen LogP contribution in [0.2, 0.25) is 0 Å². The summed E-state index contributed by atoms with van der Waals surface area (Å²) in [6.45, 7) is 18.3. The Hall–Kier alpha value is -4.81. The smallest absolute Gasteiger partial charge is 0.246 e. The number of carbonyl (C=O) groups is 9. The Bertz CT molecular complexity index is 1480. The summed E-state index contributed by atoms with van der Waals surface area (Å²) in [7, 11) is 3.77. The lowest BCUT2D eigenvalue weighted by Crippen LogP contribution is -2.65. The van der Waals surface area contributed by atoms with Gasteiger partial charge < -0.3 is 51.9 Å². The van der Waals surface area contributed by atoms with Gasteiger partial charge in [-0.1, -0.05) is 13.8 Å². The minimum absolute atomic E-state index is 0.0520. The van der Waals surface area contributed by atoms with Crippen LogP contribution in [0.15, 0.2) is 0 Å². The summed E-state index contributed by atoms with van der Waals surface area (Å²) in [6.07, 6.45) is 0.866. The van der Waals surface area contributed by atoms with Gasteiger partial charge in [0.25, 0.3) is 0 Å². The number of hydrogen-bond donors (Lipinski definition) is 7. The zero-order valence-electron chi connectivity index (χ0n) is 36.1. The van der Waals surface area contributed by atoms with Gasteiger partial charge in [0.05, 0.1) is 13.1 Å². The molecule has 7 N–H and O–H groups in total. The molecule has 1 aliphatic heterocycles. The van der Waals surface area contributed by atoms with Crippen molar-refractivity contribution in [2.45, 2.75) is 136 Å². The molecule has 0 bridgehead atoms. The normalized spacial score (nSPS) is 16.5. The summed E-state index contributed by atoms with van der Waals surface area (Å²) in [5.74, 6) is -4.36. The van der Waals surface area contributed by atoms with Crippen molar-refractivity contribution in [3.05, 3.63) is 0 Å². The molecule has 3 unspecified atom stereocenters. The fourth-order valence-electron chi connectivity index (χ4n) is 6.41. The van der Waals surface area contributed by atoms with Crippen molar-refractivity contribution in [2.24, 2.45) is 5.92 Å². The highest BCUT2D eigenvalue weighted by Gasteiger charge is 2.48. The Balaban J connectivity index is 3.03. The van der Waals surface area contributed by atoms with E-state index >= 15 is 0 Å². The molecule has 0 aromatic carbocycles. The number of rotatable bonds is 23. The molecule has 57 heavy (non-hydrogen) atoms. The lowest BCUT2D eigenvalue weighted by atomic mass is 9.96. The van der Waals surface area contributed by atoms with Gasteiger partial charge >= 0.3 is 0 Å². The molecule has 0 saturated carbocycles. The second-order valence-corrected chi connectivity index (χ2v) is 17.0. The zero-order valence-corrected chi connectivity index (χ0v) is 36.1. The van der Waals surface area contributed by atoms with E-state index in [1.807, 2.05) is 32.8 Å². The van der Waals surface area contributed by atoms with Gasteiger partial charge in [-0.25, -0.2) is 0 Å². The Morgan fingerprint density at radius 3 is 1.95 bits per heavy atom. The SMILES string of the molecule is CC(C)CC(C(=O)NC(C)(C)C(=O)NC(C)(C)C(=O)NCCC(=O)NCCN(C)C)N(C(=O)CNC(=O)C(C)(C)N1C(=O)C(NC(=O)CNC=O)CC1C)C(C)C. The average molecular weight is 809 g/mol. The third-order valence-corrected chi connectivity index (χ3v) is 9.49. The van der Waals surface area contributed by atoms with E-state index < -0.39 is 88.7 Å². The number of nitrogens with one attached hydrogen (secondary N) is 7. The third-order valence-electron chi connectivity index (χ3n) is 9.49. The molecule has 324 valence electrons. The highest BCUT2D eigenvalue weighted by atomic mass is 16.2. The van der Waals surface area contributed by atoms with E-state index in [0.29, 0.717) is 19.5 Å². The number of nitrogens with zero attached hydrogens (tertiary/aromatic N) is 3. The van der Waals surface area contributed by atoms with Crippen LogP contribution in [-0.4, -0.2) is 156 Å². The van der Waals surface area contributed by atoms with Crippen molar-refractivity contribution >= 4 is 53.7 Å².